The van der Waals surface area contributed by atoms with Crippen molar-refractivity contribution in [2.45, 2.75) is 209 Å². The lowest BCUT2D eigenvalue weighted by molar-refractivity contribution is 0.479. The molecule has 0 spiro atoms. The third-order valence-electron chi connectivity index (χ3n) is 21.4. The quantitative estimate of drug-likeness (QED) is 0.163. The predicted molar refractivity (Wildman–Crippen MR) is 404 cm³/mol. The minimum Gasteiger partial charge on any atom is -0.458 e. The molecule has 0 N–H and O–H groups in total. The van der Waals surface area contributed by atoms with Gasteiger partial charge in [0, 0.05) is 45.5 Å². The van der Waals surface area contributed by atoms with Crippen LogP contribution >= 0.6 is 0 Å². The zero-order valence-corrected chi connectivity index (χ0v) is 60.6. The molecular formula is C86H96B2N4O2. The Hall–Kier alpha value is -8.09. The maximum atomic E-state index is 7.79. The van der Waals surface area contributed by atoms with Crippen LogP contribution in [0, 0.1) is 0 Å². The number of fused-ring (bicyclic) bond motifs is 2. The van der Waals surface area contributed by atoms with Crippen molar-refractivity contribution in [1.29, 1.82) is 0 Å². The first kappa shape index (κ1) is 62.1. The molecule has 6 aliphatic heterocycles. The highest BCUT2D eigenvalue weighted by atomic mass is 16.5. The highest BCUT2D eigenvalue weighted by Gasteiger charge is 2.58. The highest BCUT2D eigenvalue weighted by Crippen LogP contribution is 2.61. The summed E-state index contributed by atoms with van der Waals surface area (Å²) in [4.78, 5) is 10.8. The van der Waals surface area contributed by atoms with E-state index in [1.54, 1.807) is 0 Å². The molecule has 0 amide bonds. The molecule has 0 aliphatic carbocycles. The van der Waals surface area contributed by atoms with Gasteiger partial charge in [0.25, 0.3) is 13.4 Å². The summed E-state index contributed by atoms with van der Waals surface area (Å²) < 4.78 is 15.6. The smallest absolute Gasteiger partial charge is 0.262 e. The zero-order valence-electron chi connectivity index (χ0n) is 60.6. The van der Waals surface area contributed by atoms with E-state index in [4.69, 9.17) is 9.47 Å². The Morgan fingerprint density at radius 2 is 0.383 bits per heavy atom. The highest BCUT2D eigenvalue weighted by molar-refractivity contribution is 7.05. The van der Waals surface area contributed by atoms with E-state index in [9.17, 15) is 0 Å². The van der Waals surface area contributed by atoms with Gasteiger partial charge in [-0.05, 0) is 218 Å². The molecule has 0 bridgehead atoms. The van der Waals surface area contributed by atoms with Gasteiger partial charge in [-0.1, -0.05) is 215 Å². The Morgan fingerprint density at radius 3 is 0.543 bits per heavy atom. The van der Waals surface area contributed by atoms with Crippen LogP contribution in [0.4, 0.5) is 68.2 Å². The maximum Gasteiger partial charge on any atom is 0.262 e. The molecule has 15 rings (SSSR count). The third-order valence-corrected chi connectivity index (χ3v) is 21.4. The van der Waals surface area contributed by atoms with E-state index in [1.807, 2.05) is 0 Å². The molecule has 0 unspecified atom stereocenters. The van der Waals surface area contributed by atoms with Crippen LogP contribution in [0.1, 0.15) is 211 Å². The largest absolute Gasteiger partial charge is 0.458 e. The van der Waals surface area contributed by atoms with Crippen molar-refractivity contribution in [3.8, 4) is 23.0 Å². The van der Waals surface area contributed by atoms with Crippen molar-refractivity contribution in [2.75, 3.05) is 19.6 Å². The Kier molecular flexibility index (Phi) is 13.0. The Morgan fingerprint density at radius 1 is 0.213 bits per heavy atom. The molecule has 94 heavy (non-hydrogen) atoms. The van der Waals surface area contributed by atoms with E-state index >= 15 is 0 Å². The first-order chi connectivity index (χ1) is 43.7. The van der Waals surface area contributed by atoms with E-state index in [-0.39, 0.29) is 56.7 Å². The molecule has 0 atom stereocenters. The summed E-state index contributed by atoms with van der Waals surface area (Å²) in [6.07, 6.45) is 0. The zero-order chi connectivity index (χ0) is 67.2. The van der Waals surface area contributed by atoms with Crippen LogP contribution in [0.2, 0.25) is 0 Å². The number of anilines is 12. The van der Waals surface area contributed by atoms with E-state index in [0.29, 0.717) is 0 Å². The SMILES string of the molecule is CC(C)(C)c1ccc(N2c3cc(C(C)(C)C)cc4c3B3c5c(cc(C(C)(C)C)cc5N(c5ccc(C(C)(C)C)cc5)c5c3c2c2c3c5N(c5ccc(C(C)(C)C)cc5)c5cc(C(C)(C)C)cc6c5B3c3c(cc(C(C)(C)C)cc3N2c2ccc(C(C)(C)C)cc2)O6)O4)cc1. The second kappa shape index (κ2) is 19.8. The molecule has 0 saturated heterocycles. The van der Waals surface area contributed by atoms with Gasteiger partial charge in [-0.15, -0.1) is 0 Å². The standard InChI is InChI=1S/C86H96B2N4O2/c1-79(2,3)49-25-33-57(34-26-49)89-61-41-53(83(13,14)15)45-65-69(61)87-70-63(43-55(85(19,20)21)46-66(70)93-65)91(59-37-29-51(30-38-59)81(7,8)9)77-73(87)75(89)76-74-78(77)92(60-39-31-52(32-40-60)82(10,11)12)64-44-56(86(22,23)24)48-68-72(64)88(74)71-62(42-54(84(16,17)18)47-67(71)94-68)90(76)58-35-27-50(28-36-58)80(4,5)6/h25-48H,1-24H3. The van der Waals surface area contributed by atoms with E-state index in [1.165, 1.54) is 100 Å². The fourth-order valence-corrected chi connectivity index (χ4v) is 15.7. The van der Waals surface area contributed by atoms with Gasteiger partial charge < -0.3 is 29.1 Å². The summed E-state index contributed by atoms with van der Waals surface area (Å²) in [5.41, 5.74) is 29.9. The summed E-state index contributed by atoms with van der Waals surface area (Å²) in [6, 6.07) is 58.1. The van der Waals surface area contributed by atoms with Crippen molar-refractivity contribution in [3.05, 3.63) is 190 Å². The minimum absolute atomic E-state index is 0.0749. The second-order valence-electron chi connectivity index (χ2n) is 36.4. The van der Waals surface area contributed by atoms with Gasteiger partial charge in [0.15, 0.2) is 0 Å². The van der Waals surface area contributed by atoms with Gasteiger partial charge in [0.1, 0.15) is 23.0 Å². The molecule has 0 saturated carbocycles. The fourth-order valence-electron chi connectivity index (χ4n) is 15.7. The average Bonchev–Trinajstić information content (AvgIpc) is 0.651. The fraction of sp³-hybridized carbons (Fsp3) is 0.372. The van der Waals surface area contributed by atoms with Crippen LogP contribution in [0.5, 0.6) is 23.0 Å². The van der Waals surface area contributed by atoms with Gasteiger partial charge in [0.2, 0.25) is 0 Å². The molecule has 9 aromatic rings. The van der Waals surface area contributed by atoms with Crippen molar-refractivity contribution >= 4 is 114 Å². The van der Waals surface area contributed by atoms with Gasteiger partial charge >= 0.3 is 0 Å². The summed E-state index contributed by atoms with van der Waals surface area (Å²) >= 11 is 0. The lowest BCUT2D eigenvalue weighted by Gasteiger charge is -2.54. The first-order valence-electron chi connectivity index (χ1n) is 34.6. The molecule has 6 heterocycles. The first-order valence-corrected chi connectivity index (χ1v) is 34.6. The normalized spacial score (nSPS) is 15.3. The van der Waals surface area contributed by atoms with Crippen molar-refractivity contribution in [1.82, 2.24) is 0 Å². The third kappa shape index (κ3) is 9.39. The molecule has 6 nitrogen and oxygen atoms in total. The minimum atomic E-state index is -0.255. The van der Waals surface area contributed by atoms with Gasteiger partial charge in [-0.3, -0.25) is 0 Å². The van der Waals surface area contributed by atoms with E-state index in [0.717, 1.165) is 68.5 Å². The summed E-state index contributed by atoms with van der Waals surface area (Å²) in [5.74, 6) is 3.68. The van der Waals surface area contributed by atoms with E-state index in [2.05, 4.69) is 331 Å². The lowest BCUT2D eigenvalue weighted by atomic mass is 9.29. The van der Waals surface area contributed by atoms with Crippen molar-refractivity contribution in [2.24, 2.45) is 0 Å². The number of nitrogens with zero attached hydrogens (tertiary/aromatic N) is 4. The lowest BCUT2D eigenvalue weighted by Crippen LogP contribution is -2.68. The molecular weight excluding hydrogens is 1140 g/mol. The molecule has 478 valence electrons. The van der Waals surface area contributed by atoms with Gasteiger partial charge in [-0.2, -0.15) is 0 Å². The number of rotatable bonds is 4. The Labute approximate surface area is 562 Å². The van der Waals surface area contributed by atoms with Crippen molar-refractivity contribution in [3.63, 3.8) is 0 Å². The molecule has 0 radical (unpaired) electrons. The topological polar surface area (TPSA) is 31.4 Å². The van der Waals surface area contributed by atoms with Crippen LogP contribution in [-0.2, 0) is 43.3 Å². The Bertz CT molecular complexity index is 4080. The van der Waals surface area contributed by atoms with Crippen LogP contribution < -0.4 is 61.9 Å². The molecule has 0 fully saturated rings. The van der Waals surface area contributed by atoms with Crippen molar-refractivity contribution < 1.29 is 9.47 Å². The Balaban J connectivity index is 1.23. The average molecular weight is 1240 g/mol. The predicted octanol–water partition coefficient (Wildman–Crippen LogP) is 20.4. The van der Waals surface area contributed by atoms with Gasteiger partial charge in [0.05, 0.1) is 22.7 Å². The monoisotopic (exact) mass is 1240 g/mol. The molecule has 6 aliphatic rings. The van der Waals surface area contributed by atoms with Crippen LogP contribution in [-0.4, -0.2) is 13.4 Å². The van der Waals surface area contributed by atoms with Crippen LogP contribution in [0.3, 0.4) is 0 Å². The summed E-state index contributed by atoms with van der Waals surface area (Å²) in [6.45, 7) is 55.7. The van der Waals surface area contributed by atoms with Gasteiger partial charge in [-0.25, -0.2) is 0 Å². The number of ether oxygens (including phenoxy) is 2. The summed E-state index contributed by atoms with van der Waals surface area (Å²) in [5, 5.41) is 0. The second-order valence-corrected chi connectivity index (χ2v) is 36.4. The van der Waals surface area contributed by atoms with Crippen LogP contribution in [0.15, 0.2) is 146 Å². The number of hydrogen-bond donors (Lipinski definition) is 0. The molecule has 8 heteroatoms. The summed E-state index contributed by atoms with van der Waals surface area (Å²) in [7, 11) is 0. The number of hydrogen-bond acceptors (Lipinski definition) is 6. The molecule has 9 aromatic carbocycles. The maximum absolute atomic E-state index is 7.79. The number of benzene rings is 9. The van der Waals surface area contributed by atoms with E-state index < -0.39 is 0 Å². The molecule has 0 aromatic heterocycles. The van der Waals surface area contributed by atoms with Crippen LogP contribution in [0.25, 0.3) is 0 Å².